The lowest BCUT2D eigenvalue weighted by Gasteiger charge is -2.03. The molecule has 1 aliphatic rings. The van der Waals surface area contributed by atoms with Gasteiger partial charge in [-0.25, -0.2) is 0 Å². The first kappa shape index (κ1) is 7.69. The average molecular weight is 144 g/mol. The van der Waals surface area contributed by atoms with Crippen molar-refractivity contribution in [3.8, 4) is 0 Å². The highest BCUT2D eigenvalue weighted by Crippen LogP contribution is 2.14. The number of carbonyl (C=O) groups excluding carboxylic acids is 1. The lowest BCUT2D eigenvalue weighted by molar-refractivity contribution is -0.126. The number of Topliss-reactive ketones (excluding diaryl/α,β-unsaturated/α-hetero) is 1. The third-order valence-electron chi connectivity index (χ3n) is 1.87. The molecule has 2 atom stereocenters. The Kier molecular flexibility index (Phi) is 2.40. The molecule has 3 nitrogen and oxygen atoms in total. The minimum atomic E-state index is -0.822. The van der Waals surface area contributed by atoms with Gasteiger partial charge in [-0.15, -0.1) is 0 Å². The number of rotatable bonds is 0. The van der Waals surface area contributed by atoms with Gasteiger partial charge in [-0.3, -0.25) is 4.79 Å². The third kappa shape index (κ3) is 1.78. The monoisotopic (exact) mass is 144 g/mol. The van der Waals surface area contributed by atoms with Gasteiger partial charge in [0, 0.05) is 6.42 Å². The summed E-state index contributed by atoms with van der Waals surface area (Å²) in [6.45, 7) is 0. The second-order valence-corrected chi connectivity index (χ2v) is 2.75. The van der Waals surface area contributed by atoms with Crippen LogP contribution in [0.1, 0.15) is 25.7 Å². The van der Waals surface area contributed by atoms with E-state index >= 15 is 0 Å². The fourth-order valence-electron chi connectivity index (χ4n) is 1.13. The maximum absolute atomic E-state index is 10.8. The number of hydrogen-bond acceptors (Lipinski definition) is 3. The zero-order chi connectivity index (χ0) is 7.56. The average Bonchev–Trinajstić information content (AvgIpc) is 2.04. The molecule has 2 N–H and O–H groups in total. The highest BCUT2D eigenvalue weighted by molar-refractivity contribution is 5.82. The van der Waals surface area contributed by atoms with Crippen LogP contribution in [0.15, 0.2) is 0 Å². The SMILES string of the molecule is O=C1CCC(O)CCC1O. The van der Waals surface area contributed by atoms with Crippen LogP contribution < -0.4 is 0 Å². The second-order valence-electron chi connectivity index (χ2n) is 2.75. The summed E-state index contributed by atoms with van der Waals surface area (Å²) in [5.41, 5.74) is 0. The van der Waals surface area contributed by atoms with Gasteiger partial charge in [0.25, 0.3) is 0 Å². The highest BCUT2D eigenvalue weighted by atomic mass is 16.3. The topological polar surface area (TPSA) is 57.5 Å². The summed E-state index contributed by atoms with van der Waals surface area (Å²) in [5.74, 6) is -0.128. The molecule has 1 saturated carbocycles. The Hall–Kier alpha value is -0.410. The fraction of sp³-hybridized carbons (Fsp3) is 0.857. The van der Waals surface area contributed by atoms with Gasteiger partial charge in [0.05, 0.1) is 6.10 Å². The first-order valence-electron chi connectivity index (χ1n) is 3.59. The molecule has 0 radical (unpaired) electrons. The Morgan fingerprint density at radius 3 is 2.60 bits per heavy atom. The molecule has 2 unspecified atom stereocenters. The van der Waals surface area contributed by atoms with Crippen molar-refractivity contribution in [2.45, 2.75) is 37.9 Å². The van der Waals surface area contributed by atoms with E-state index in [4.69, 9.17) is 10.2 Å². The molecular formula is C7H12O3. The molecule has 1 aliphatic carbocycles. The summed E-state index contributed by atoms with van der Waals surface area (Å²) in [4.78, 5) is 10.8. The Morgan fingerprint density at radius 1 is 1.20 bits per heavy atom. The molecule has 0 aromatic rings. The van der Waals surface area contributed by atoms with Crippen LogP contribution in [0.2, 0.25) is 0 Å². The third-order valence-corrected chi connectivity index (χ3v) is 1.87. The van der Waals surface area contributed by atoms with Crippen molar-refractivity contribution in [1.82, 2.24) is 0 Å². The largest absolute Gasteiger partial charge is 0.393 e. The Labute approximate surface area is 59.7 Å². The van der Waals surface area contributed by atoms with Gasteiger partial charge in [0.1, 0.15) is 6.10 Å². The van der Waals surface area contributed by atoms with Gasteiger partial charge < -0.3 is 10.2 Å². The van der Waals surface area contributed by atoms with Gasteiger partial charge in [-0.1, -0.05) is 0 Å². The van der Waals surface area contributed by atoms with Crippen LogP contribution in [0.3, 0.4) is 0 Å². The molecule has 1 rings (SSSR count). The molecule has 3 heteroatoms. The maximum Gasteiger partial charge on any atom is 0.161 e. The number of ketones is 1. The van der Waals surface area contributed by atoms with E-state index in [2.05, 4.69) is 0 Å². The number of hydrogen-bond donors (Lipinski definition) is 2. The Balaban J connectivity index is 2.46. The van der Waals surface area contributed by atoms with Gasteiger partial charge in [-0.2, -0.15) is 0 Å². The van der Waals surface area contributed by atoms with E-state index in [1.807, 2.05) is 0 Å². The Morgan fingerprint density at radius 2 is 1.90 bits per heavy atom. The predicted molar refractivity (Wildman–Crippen MR) is 35.5 cm³/mol. The molecule has 1 fully saturated rings. The molecule has 10 heavy (non-hydrogen) atoms. The molecule has 0 bridgehead atoms. The maximum atomic E-state index is 10.8. The minimum Gasteiger partial charge on any atom is -0.393 e. The summed E-state index contributed by atoms with van der Waals surface area (Å²) in [6.07, 6.45) is 0.587. The molecule has 0 amide bonds. The van der Waals surface area contributed by atoms with E-state index in [9.17, 15) is 4.79 Å². The van der Waals surface area contributed by atoms with Gasteiger partial charge >= 0.3 is 0 Å². The van der Waals surface area contributed by atoms with E-state index in [0.717, 1.165) is 0 Å². The van der Waals surface area contributed by atoms with E-state index in [1.165, 1.54) is 0 Å². The fourth-order valence-corrected chi connectivity index (χ4v) is 1.13. The van der Waals surface area contributed by atoms with Crippen molar-refractivity contribution < 1.29 is 15.0 Å². The van der Waals surface area contributed by atoms with Crippen LogP contribution in [-0.2, 0) is 4.79 Å². The summed E-state index contributed by atoms with van der Waals surface area (Å²) in [7, 11) is 0. The van der Waals surface area contributed by atoms with Crippen LogP contribution >= 0.6 is 0 Å². The summed E-state index contributed by atoms with van der Waals surface area (Å²) in [6, 6.07) is 0. The standard InChI is InChI=1S/C7H12O3/c8-5-1-3-6(9)7(10)4-2-5/h5-6,8-9H,1-4H2. The molecule has 0 spiro atoms. The molecule has 58 valence electrons. The summed E-state index contributed by atoms with van der Waals surface area (Å²) >= 11 is 0. The number of aliphatic hydroxyl groups is 2. The normalized spacial score (nSPS) is 35.6. The Bertz CT molecular complexity index is 133. The van der Waals surface area contributed by atoms with Crippen LogP contribution in [0.4, 0.5) is 0 Å². The lowest BCUT2D eigenvalue weighted by Crippen LogP contribution is -2.17. The minimum absolute atomic E-state index is 0.128. The molecule has 0 aromatic carbocycles. The van der Waals surface area contributed by atoms with Crippen molar-refractivity contribution in [3.63, 3.8) is 0 Å². The lowest BCUT2D eigenvalue weighted by atomic mass is 10.1. The van der Waals surface area contributed by atoms with E-state index in [0.29, 0.717) is 25.7 Å². The van der Waals surface area contributed by atoms with Crippen molar-refractivity contribution in [2.75, 3.05) is 0 Å². The summed E-state index contributed by atoms with van der Waals surface area (Å²) < 4.78 is 0. The summed E-state index contributed by atoms with van der Waals surface area (Å²) in [5, 5.41) is 18.1. The van der Waals surface area contributed by atoms with Gasteiger partial charge in [0.2, 0.25) is 0 Å². The van der Waals surface area contributed by atoms with Crippen LogP contribution in [0, 0.1) is 0 Å². The van der Waals surface area contributed by atoms with Gasteiger partial charge in [-0.05, 0) is 19.3 Å². The highest BCUT2D eigenvalue weighted by Gasteiger charge is 2.21. The molecule has 0 aromatic heterocycles. The van der Waals surface area contributed by atoms with Crippen molar-refractivity contribution >= 4 is 5.78 Å². The van der Waals surface area contributed by atoms with Crippen LogP contribution in [0.25, 0.3) is 0 Å². The molecule has 0 saturated heterocycles. The zero-order valence-corrected chi connectivity index (χ0v) is 5.79. The van der Waals surface area contributed by atoms with E-state index in [-0.39, 0.29) is 11.9 Å². The molecule has 0 aliphatic heterocycles. The van der Waals surface area contributed by atoms with Gasteiger partial charge in [0.15, 0.2) is 5.78 Å². The van der Waals surface area contributed by atoms with Crippen molar-refractivity contribution in [3.05, 3.63) is 0 Å². The molecular weight excluding hydrogens is 132 g/mol. The van der Waals surface area contributed by atoms with Crippen LogP contribution in [-0.4, -0.2) is 28.2 Å². The predicted octanol–water partition coefficient (Wildman–Crippen LogP) is -0.149. The second kappa shape index (κ2) is 3.12. The quantitative estimate of drug-likeness (QED) is 0.465. The number of carbonyl (C=O) groups is 1. The smallest absolute Gasteiger partial charge is 0.161 e. The van der Waals surface area contributed by atoms with E-state index in [1.54, 1.807) is 0 Å². The number of aliphatic hydroxyl groups excluding tert-OH is 2. The first-order valence-corrected chi connectivity index (χ1v) is 3.59. The van der Waals surface area contributed by atoms with Crippen molar-refractivity contribution in [2.24, 2.45) is 0 Å². The van der Waals surface area contributed by atoms with Crippen LogP contribution in [0.5, 0.6) is 0 Å². The first-order chi connectivity index (χ1) is 4.70. The zero-order valence-electron chi connectivity index (χ0n) is 5.79. The van der Waals surface area contributed by atoms with E-state index < -0.39 is 6.10 Å². The van der Waals surface area contributed by atoms with Crippen molar-refractivity contribution in [1.29, 1.82) is 0 Å². The molecule has 0 heterocycles.